The van der Waals surface area contributed by atoms with Gasteiger partial charge in [0.1, 0.15) is 5.69 Å². The van der Waals surface area contributed by atoms with Crippen molar-refractivity contribution in [3.63, 3.8) is 0 Å². The first-order chi connectivity index (χ1) is 17.7. The minimum Gasteiger partial charge on any atom is -0.375 e. The molecule has 0 aliphatic heterocycles. The highest BCUT2D eigenvalue weighted by Crippen LogP contribution is 2.32. The normalized spacial score (nSPS) is 9.73. The highest BCUT2D eigenvalue weighted by Gasteiger charge is 2.18. The molecule has 0 spiro atoms. The number of para-hydroxylation sites is 2. The predicted octanol–water partition coefficient (Wildman–Crippen LogP) is 7.61. The van der Waals surface area contributed by atoms with Crippen molar-refractivity contribution in [2.45, 2.75) is 13.1 Å². The van der Waals surface area contributed by atoms with Crippen molar-refractivity contribution in [1.82, 2.24) is 0 Å². The van der Waals surface area contributed by atoms with E-state index in [1.807, 2.05) is 60.7 Å². The first kappa shape index (κ1) is 29.6. The third-order valence-electron chi connectivity index (χ3n) is 4.69. The number of benzene rings is 4. The number of halogens is 3. The molecule has 0 fully saturated rings. The summed E-state index contributed by atoms with van der Waals surface area (Å²) >= 11 is 6.06. The summed E-state index contributed by atoms with van der Waals surface area (Å²) in [4.78, 5) is 20.0. The van der Waals surface area contributed by atoms with E-state index in [2.05, 4.69) is 37.2 Å². The lowest BCUT2D eigenvalue weighted by molar-refractivity contribution is -0.388. The molecule has 4 aromatic rings. The number of nitrogens with one attached hydrogen (secondary N) is 1. The van der Waals surface area contributed by atoms with Crippen LogP contribution in [0.3, 0.4) is 0 Å². The zero-order valence-electron chi connectivity index (χ0n) is 19.4. The molecule has 0 unspecified atom stereocenters. The molecule has 0 amide bonds. The maximum atomic E-state index is 12.6. The topological polar surface area (TPSA) is 124 Å². The van der Waals surface area contributed by atoms with E-state index in [1.54, 1.807) is 18.2 Å². The number of anilines is 1. The van der Waals surface area contributed by atoms with Crippen molar-refractivity contribution >= 4 is 48.9 Å². The zero-order chi connectivity index (χ0) is 27.2. The van der Waals surface area contributed by atoms with Crippen LogP contribution in [0.1, 0.15) is 11.1 Å². The Morgan fingerprint density at radius 2 is 1.19 bits per heavy atom. The van der Waals surface area contributed by atoms with Crippen LogP contribution < -0.4 is 11.1 Å². The fourth-order valence-electron chi connectivity index (χ4n) is 2.91. The van der Waals surface area contributed by atoms with Gasteiger partial charge in [-0.2, -0.15) is 4.39 Å². The number of nitrogens with two attached hydrogens (primary N) is 1. The van der Waals surface area contributed by atoms with Crippen molar-refractivity contribution in [2.75, 3.05) is 5.32 Å². The smallest absolute Gasteiger partial charge is 0.318 e. The zero-order valence-corrected chi connectivity index (χ0v) is 22.6. The van der Waals surface area contributed by atoms with E-state index in [4.69, 9.17) is 5.73 Å². The Labute approximate surface area is 229 Å². The van der Waals surface area contributed by atoms with Crippen LogP contribution in [0, 0.1) is 26.0 Å². The Balaban J connectivity index is 0.000000215. The molecule has 11 heteroatoms. The maximum Gasteiger partial charge on any atom is 0.318 e. The SMILES string of the molecule is NCc1ccccc1.O=[N+]([O-])c1c(Br)cccc1NCc1ccccc1.O=[N+]([O-])c1c(F)cccc1Br. The van der Waals surface area contributed by atoms with E-state index in [-0.39, 0.29) is 10.2 Å². The lowest BCUT2D eigenvalue weighted by atomic mass is 10.2. The van der Waals surface area contributed by atoms with Crippen molar-refractivity contribution in [3.05, 3.63) is 143 Å². The molecular weight excluding hydrogens is 611 g/mol. The molecule has 0 aliphatic rings. The lowest BCUT2D eigenvalue weighted by Gasteiger charge is -2.07. The van der Waals surface area contributed by atoms with Crippen LogP contribution in [0.25, 0.3) is 0 Å². The van der Waals surface area contributed by atoms with E-state index in [0.717, 1.165) is 11.6 Å². The molecular formula is C26H23Br2FN4O4. The molecule has 4 rings (SSSR count). The molecule has 0 radical (unpaired) electrons. The Morgan fingerprint density at radius 1 is 0.703 bits per heavy atom. The predicted molar refractivity (Wildman–Crippen MR) is 150 cm³/mol. The van der Waals surface area contributed by atoms with Crippen molar-refractivity contribution < 1.29 is 14.2 Å². The van der Waals surface area contributed by atoms with E-state index < -0.39 is 21.4 Å². The third kappa shape index (κ3) is 9.71. The van der Waals surface area contributed by atoms with Gasteiger partial charge in [-0.25, -0.2) is 0 Å². The molecule has 0 atom stereocenters. The summed E-state index contributed by atoms with van der Waals surface area (Å²) in [6, 6.07) is 28.7. The summed E-state index contributed by atoms with van der Waals surface area (Å²) in [5.74, 6) is -0.829. The summed E-state index contributed by atoms with van der Waals surface area (Å²) in [7, 11) is 0. The number of rotatable bonds is 6. The monoisotopic (exact) mass is 632 g/mol. The van der Waals surface area contributed by atoms with Gasteiger partial charge in [-0.05, 0) is 67.3 Å². The van der Waals surface area contributed by atoms with Crippen LogP contribution in [0.4, 0.5) is 21.5 Å². The molecule has 8 nitrogen and oxygen atoms in total. The van der Waals surface area contributed by atoms with Crippen LogP contribution in [-0.4, -0.2) is 9.85 Å². The molecule has 37 heavy (non-hydrogen) atoms. The van der Waals surface area contributed by atoms with Gasteiger partial charge in [0, 0.05) is 13.1 Å². The van der Waals surface area contributed by atoms with Crippen LogP contribution >= 0.6 is 31.9 Å². The van der Waals surface area contributed by atoms with Gasteiger partial charge in [0.15, 0.2) is 0 Å². The molecule has 0 saturated carbocycles. The average Bonchev–Trinajstić information content (AvgIpc) is 2.89. The Kier molecular flexibility index (Phi) is 12.3. The van der Waals surface area contributed by atoms with E-state index in [9.17, 15) is 24.6 Å². The number of hydrogen-bond acceptors (Lipinski definition) is 6. The summed E-state index contributed by atoms with van der Waals surface area (Å²) in [6.45, 7) is 1.19. The summed E-state index contributed by atoms with van der Waals surface area (Å²) < 4.78 is 13.3. The Morgan fingerprint density at radius 3 is 1.62 bits per heavy atom. The number of nitro benzene ring substituents is 2. The highest BCUT2D eigenvalue weighted by atomic mass is 79.9. The molecule has 192 valence electrons. The number of nitro groups is 2. The average molecular weight is 634 g/mol. The van der Waals surface area contributed by atoms with Crippen LogP contribution in [0.2, 0.25) is 0 Å². The second-order valence-electron chi connectivity index (χ2n) is 7.25. The van der Waals surface area contributed by atoms with Gasteiger partial charge in [0.05, 0.1) is 18.8 Å². The van der Waals surface area contributed by atoms with Crippen molar-refractivity contribution in [3.8, 4) is 0 Å². The Hall–Kier alpha value is -3.67. The summed E-state index contributed by atoms with van der Waals surface area (Å²) in [6.07, 6.45) is 0. The van der Waals surface area contributed by atoms with Gasteiger partial charge in [0.2, 0.25) is 5.82 Å². The number of nitrogens with zero attached hydrogens (tertiary/aromatic N) is 2. The van der Waals surface area contributed by atoms with E-state index >= 15 is 0 Å². The van der Waals surface area contributed by atoms with Crippen LogP contribution in [-0.2, 0) is 13.1 Å². The molecule has 0 aliphatic carbocycles. The van der Waals surface area contributed by atoms with Crippen molar-refractivity contribution in [1.29, 1.82) is 0 Å². The highest BCUT2D eigenvalue weighted by molar-refractivity contribution is 9.11. The molecule has 0 saturated heterocycles. The quantitative estimate of drug-likeness (QED) is 0.166. The van der Waals surface area contributed by atoms with E-state index in [0.29, 0.717) is 23.2 Å². The number of hydrogen-bond donors (Lipinski definition) is 2. The summed E-state index contributed by atoms with van der Waals surface area (Å²) in [5.41, 5.74) is 7.67. The van der Waals surface area contributed by atoms with Gasteiger partial charge in [-0.3, -0.25) is 20.2 Å². The minimum atomic E-state index is -0.829. The van der Waals surface area contributed by atoms with Gasteiger partial charge in [0.25, 0.3) is 0 Å². The largest absolute Gasteiger partial charge is 0.375 e. The molecule has 3 N–H and O–H groups in total. The second-order valence-corrected chi connectivity index (χ2v) is 8.96. The minimum absolute atomic E-state index is 0.0634. The standard InChI is InChI=1S/C13H11BrN2O2.C7H9N.C6H3BrFNO2/c14-11-7-4-8-12(13(11)16(17)18)15-9-10-5-2-1-3-6-10;8-6-7-4-2-1-3-5-7;7-4-2-1-3-5(8)6(4)9(10)11/h1-8,15H,9H2;1-5H,6,8H2;1-3H. The second kappa shape index (κ2) is 15.4. The molecule has 4 aromatic carbocycles. The first-order valence-corrected chi connectivity index (χ1v) is 12.4. The third-order valence-corrected chi connectivity index (χ3v) is 5.97. The first-order valence-electron chi connectivity index (χ1n) is 10.8. The van der Waals surface area contributed by atoms with Crippen LogP contribution in [0.5, 0.6) is 0 Å². The maximum absolute atomic E-state index is 12.6. The van der Waals surface area contributed by atoms with Crippen LogP contribution in [0.15, 0.2) is 106 Å². The fraction of sp³-hybridized carbons (Fsp3) is 0.0769. The lowest BCUT2D eigenvalue weighted by Crippen LogP contribution is -2.02. The molecule has 0 bridgehead atoms. The van der Waals surface area contributed by atoms with Crippen molar-refractivity contribution in [2.24, 2.45) is 5.73 Å². The Bertz CT molecular complexity index is 1290. The van der Waals surface area contributed by atoms with Gasteiger partial charge in [-0.15, -0.1) is 0 Å². The van der Waals surface area contributed by atoms with Gasteiger partial charge >= 0.3 is 11.4 Å². The van der Waals surface area contributed by atoms with Gasteiger partial charge in [-0.1, -0.05) is 72.8 Å². The fourth-order valence-corrected chi connectivity index (χ4v) is 3.91. The van der Waals surface area contributed by atoms with E-state index in [1.165, 1.54) is 17.7 Å². The summed E-state index contributed by atoms with van der Waals surface area (Å²) in [5, 5.41) is 24.2. The van der Waals surface area contributed by atoms with Gasteiger partial charge < -0.3 is 11.1 Å². The molecule has 0 heterocycles. The molecule has 0 aromatic heterocycles.